The second-order valence-corrected chi connectivity index (χ2v) is 6.09. The van der Waals surface area contributed by atoms with Crippen LogP contribution >= 0.6 is 0 Å². The average Bonchev–Trinajstić information content (AvgIpc) is 2.59. The van der Waals surface area contributed by atoms with Crippen molar-refractivity contribution >= 4 is 23.3 Å². The Morgan fingerprint density at radius 3 is 2.42 bits per heavy atom. The van der Waals surface area contributed by atoms with Crippen LogP contribution in [0.4, 0.5) is 0 Å². The fourth-order valence-corrected chi connectivity index (χ4v) is 3.24. The van der Waals surface area contributed by atoms with E-state index < -0.39 is 35.3 Å². The van der Waals surface area contributed by atoms with Crippen LogP contribution in [0.25, 0.3) is 0 Å². The Hall–Kier alpha value is -2.30. The Kier molecular flexibility index (Phi) is 6.01. The molecule has 1 fully saturated rings. The number of ketones is 3. The van der Waals surface area contributed by atoms with Crippen LogP contribution in [0.5, 0.6) is 0 Å². The Balaban J connectivity index is 2.34. The number of ether oxygens (including phenoxy) is 1. The van der Waals surface area contributed by atoms with E-state index in [1.807, 2.05) is 13.0 Å². The summed E-state index contributed by atoms with van der Waals surface area (Å²) in [6.07, 6.45) is 1.61. The van der Waals surface area contributed by atoms with Crippen LogP contribution in [0.1, 0.15) is 44.1 Å². The van der Waals surface area contributed by atoms with Gasteiger partial charge in [0.25, 0.3) is 0 Å². The van der Waals surface area contributed by atoms with Crippen molar-refractivity contribution in [2.45, 2.75) is 38.5 Å². The predicted molar refractivity (Wildman–Crippen MR) is 87.3 cm³/mol. The molecule has 0 amide bonds. The van der Waals surface area contributed by atoms with Gasteiger partial charge in [0.1, 0.15) is 11.8 Å². The highest BCUT2D eigenvalue weighted by atomic mass is 16.5. The monoisotopic (exact) mass is 330 g/mol. The Bertz CT molecular complexity index is 634. The molecule has 1 aliphatic rings. The molecule has 0 bridgehead atoms. The average molecular weight is 330 g/mol. The standard InChI is InChI=1S/C19H22O5/c1-3-4-10-14(20)17-15(21)11-13(12-8-6-5-7-9-12)16(18(17)22)19(23)24-2/h5-9,13,16-17H,3-4,10-11H2,1-2H3/t13-,16-,17-/m0/s1. The summed E-state index contributed by atoms with van der Waals surface area (Å²) in [6, 6.07) is 8.95. The van der Waals surface area contributed by atoms with Gasteiger partial charge in [-0.05, 0) is 12.0 Å². The highest BCUT2D eigenvalue weighted by Crippen LogP contribution is 2.38. The van der Waals surface area contributed by atoms with E-state index in [1.54, 1.807) is 24.3 Å². The number of unbranched alkanes of at least 4 members (excludes halogenated alkanes) is 1. The third kappa shape index (κ3) is 3.61. The van der Waals surface area contributed by atoms with Gasteiger partial charge >= 0.3 is 5.97 Å². The van der Waals surface area contributed by atoms with E-state index in [0.29, 0.717) is 6.42 Å². The summed E-state index contributed by atoms with van der Waals surface area (Å²) in [4.78, 5) is 49.7. The third-order valence-electron chi connectivity index (χ3n) is 4.52. The first-order chi connectivity index (χ1) is 11.5. The molecule has 0 spiro atoms. The first-order valence-electron chi connectivity index (χ1n) is 8.23. The minimum absolute atomic E-state index is 0.00193. The summed E-state index contributed by atoms with van der Waals surface area (Å²) in [7, 11) is 1.21. The molecule has 0 N–H and O–H groups in total. The molecule has 24 heavy (non-hydrogen) atoms. The van der Waals surface area contributed by atoms with Crippen LogP contribution < -0.4 is 0 Å². The lowest BCUT2D eigenvalue weighted by molar-refractivity contribution is -0.156. The topological polar surface area (TPSA) is 77.5 Å². The zero-order valence-corrected chi connectivity index (χ0v) is 14.0. The summed E-state index contributed by atoms with van der Waals surface area (Å²) in [5.74, 6) is -5.08. The summed E-state index contributed by atoms with van der Waals surface area (Å²) >= 11 is 0. The van der Waals surface area contributed by atoms with Gasteiger partial charge in [0.2, 0.25) is 0 Å². The summed E-state index contributed by atoms with van der Waals surface area (Å²) < 4.78 is 4.77. The predicted octanol–water partition coefficient (Wildman–Crippen LogP) is 2.48. The molecule has 5 heteroatoms. The molecule has 0 radical (unpaired) electrons. The maximum atomic E-state index is 12.8. The van der Waals surface area contributed by atoms with Crippen molar-refractivity contribution in [2.24, 2.45) is 11.8 Å². The molecule has 0 aliphatic heterocycles. The summed E-state index contributed by atoms with van der Waals surface area (Å²) in [5, 5.41) is 0. The summed E-state index contributed by atoms with van der Waals surface area (Å²) in [5.41, 5.74) is 0.731. The highest BCUT2D eigenvalue weighted by Gasteiger charge is 2.50. The van der Waals surface area contributed by atoms with Gasteiger partial charge in [-0.2, -0.15) is 0 Å². The number of carbonyl (C=O) groups excluding carboxylic acids is 4. The molecule has 5 nitrogen and oxygen atoms in total. The molecule has 0 saturated heterocycles. The molecular formula is C19H22O5. The summed E-state index contributed by atoms with van der Waals surface area (Å²) in [6.45, 7) is 1.93. The first kappa shape index (κ1) is 18.0. The molecule has 0 aromatic heterocycles. The number of benzene rings is 1. The Morgan fingerprint density at radius 1 is 1.17 bits per heavy atom. The maximum absolute atomic E-state index is 12.8. The molecular weight excluding hydrogens is 308 g/mol. The van der Waals surface area contributed by atoms with Gasteiger partial charge in [0, 0.05) is 18.8 Å². The van der Waals surface area contributed by atoms with Crippen LogP contribution in [0.15, 0.2) is 30.3 Å². The van der Waals surface area contributed by atoms with Gasteiger partial charge in [-0.15, -0.1) is 0 Å². The van der Waals surface area contributed by atoms with Gasteiger partial charge in [-0.25, -0.2) is 0 Å². The molecule has 1 aromatic carbocycles. The van der Waals surface area contributed by atoms with E-state index in [-0.39, 0.29) is 18.6 Å². The fourth-order valence-electron chi connectivity index (χ4n) is 3.24. The first-order valence-corrected chi connectivity index (χ1v) is 8.23. The van der Waals surface area contributed by atoms with Crippen molar-refractivity contribution < 1.29 is 23.9 Å². The second kappa shape index (κ2) is 7.99. The van der Waals surface area contributed by atoms with Gasteiger partial charge in [0.15, 0.2) is 17.3 Å². The zero-order chi connectivity index (χ0) is 17.7. The van der Waals surface area contributed by atoms with Crippen molar-refractivity contribution in [1.29, 1.82) is 0 Å². The van der Waals surface area contributed by atoms with E-state index in [4.69, 9.17) is 4.74 Å². The quantitative estimate of drug-likeness (QED) is 0.591. The normalized spacial score (nSPS) is 23.8. The molecule has 1 aliphatic carbocycles. The number of Topliss-reactive ketones (excluding diaryl/α,β-unsaturated/α-hetero) is 3. The molecule has 128 valence electrons. The Morgan fingerprint density at radius 2 is 1.83 bits per heavy atom. The van der Waals surface area contributed by atoms with Gasteiger partial charge < -0.3 is 4.74 Å². The van der Waals surface area contributed by atoms with Crippen LogP contribution in [0.3, 0.4) is 0 Å². The van der Waals surface area contributed by atoms with E-state index in [2.05, 4.69) is 0 Å². The number of methoxy groups -OCH3 is 1. The van der Waals surface area contributed by atoms with Crippen LogP contribution in [-0.2, 0) is 23.9 Å². The third-order valence-corrected chi connectivity index (χ3v) is 4.52. The zero-order valence-electron chi connectivity index (χ0n) is 14.0. The molecule has 1 aromatic rings. The van der Waals surface area contributed by atoms with Crippen molar-refractivity contribution in [3.8, 4) is 0 Å². The number of hydrogen-bond donors (Lipinski definition) is 0. The molecule has 1 saturated carbocycles. The molecule has 2 rings (SSSR count). The van der Waals surface area contributed by atoms with Crippen molar-refractivity contribution in [3.63, 3.8) is 0 Å². The lowest BCUT2D eigenvalue weighted by Gasteiger charge is -2.32. The van der Waals surface area contributed by atoms with Crippen molar-refractivity contribution in [1.82, 2.24) is 0 Å². The van der Waals surface area contributed by atoms with Crippen LogP contribution in [0, 0.1) is 11.8 Å². The Labute approximate surface area is 141 Å². The maximum Gasteiger partial charge on any atom is 0.316 e. The van der Waals surface area contributed by atoms with Crippen molar-refractivity contribution in [2.75, 3.05) is 7.11 Å². The highest BCUT2D eigenvalue weighted by molar-refractivity contribution is 6.25. The SMILES string of the molecule is CCCCC(=O)[C@H]1C(=O)C[C@@H](c2ccccc2)[C@H](C(=O)OC)C1=O. The van der Waals surface area contributed by atoms with Crippen LogP contribution in [0.2, 0.25) is 0 Å². The van der Waals surface area contributed by atoms with Gasteiger partial charge in [0.05, 0.1) is 7.11 Å². The number of hydrogen-bond acceptors (Lipinski definition) is 5. The van der Waals surface area contributed by atoms with E-state index in [9.17, 15) is 19.2 Å². The van der Waals surface area contributed by atoms with E-state index >= 15 is 0 Å². The lowest BCUT2D eigenvalue weighted by atomic mass is 9.68. The van der Waals surface area contributed by atoms with Crippen LogP contribution in [-0.4, -0.2) is 30.4 Å². The molecule has 0 unspecified atom stereocenters. The number of carbonyl (C=O) groups is 4. The number of rotatable bonds is 6. The second-order valence-electron chi connectivity index (χ2n) is 6.09. The largest absolute Gasteiger partial charge is 0.468 e. The smallest absolute Gasteiger partial charge is 0.316 e. The van der Waals surface area contributed by atoms with Crippen molar-refractivity contribution in [3.05, 3.63) is 35.9 Å². The van der Waals surface area contributed by atoms with E-state index in [0.717, 1.165) is 12.0 Å². The fraction of sp³-hybridized carbons (Fsp3) is 0.474. The molecule has 0 heterocycles. The number of esters is 1. The van der Waals surface area contributed by atoms with Gasteiger partial charge in [-0.3, -0.25) is 19.2 Å². The van der Waals surface area contributed by atoms with Gasteiger partial charge in [-0.1, -0.05) is 43.7 Å². The minimum Gasteiger partial charge on any atom is -0.468 e. The minimum atomic E-state index is -1.32. The lowest BCUT2D eigenvalue weighted by Crippen LogP contribution is -2.47. The molecule has 3 atom stereocenters. The van der Waals surface area contributed by atoms with E-state index in [1.165, 1.54) is 7.11 Å².